The summed E-state index contributed by atoms with van der Waals surface area (Å²) >= 11 is 0. The lowest BCUT2D eigenvalue weighted by Crippen LogP contribution is -2.31. The first kappa shape index (κ1) is 13.1. The summed E-state index contributed by atoms with van der Waals surface area (Å²) in [5, 5.41) is 4.43. The maximum absolute atomic E-state index is 14.0. The van der Waals surface area contributed by atoms with E-state index in [0.29, 0.717) is 5.82 Å². The van der Waals surface area contributed by atoms with Crippen molar-refractivity contribution in [1.82, 2.24) is 14.8 Å². The number of hydrogen-bond acceptors (Lipinski definition) is 3. The lowest BCUT2D eigenvalue weighted by Gasteiger charge is -2.35. The van der Waals surface area contributed by atoms with Gasteiger partial charge < -0.3 is 4.90 Å². The number of hydrogen-bond donors (Lipinski definition) is 0. The summed E-state index contributed by atoms with van der Waals surface area (Å²) in [6.45, 7) is 8.11. The van der Waals surface area contributed by atoms with Crippen LogP contribution in [-0.2, 0) is 0 Å². The third-order valence-electron chi connectivity index (χ3n) is 3.98. The van der Waals surface area contributed by atoms with Gasteiger partial charge in [0, 0.05) is 13.1 Å². The van der Waals surface area contributed by atoms with E-state index in [-0.39, 0.29) is 17.8 Å². The van der Waals surface area contributed by atoms with Gasteiger partial charge >= 0.3 is 0 Å². The first-order valence-electron chi connectivity index (χ1n) is 6.90. The number of aromatic nitrogens is 3. The standard InChI is InChI=1S/C15H19FN4/c1-8(2)12-6-11(16)7-13-14(12)19(5)9(3)15-17-10(4)18-20(13)15/h6-9H,1-5H3/t9-/m0/s1. The van der Waals surface area contributed by atoms with Crippen molar-refractivity contribution in [1.29, 1.82) is 0 Å². The van der Waals surface area contributed by atoms with Gasteiger partial charge in [0.15, 0.2) is 5.82 Å². The number of fused-ring (bicyclic) bond motifs is 3. The van der Waals surface area contributed by atoms with Crippen LogP contribution in [-0.4, -0.2) is 21.8 Å². The summed E-state index contributed by atoms with van der Waals surface area (Å²) in [5.74, 6) is 1.59. The number of rotatable bonds is 1. The number of anilines is 1. The molecule has 0 saturated heterocycles. The molecule has 0 aliphatic carbocycles. The highest BCUT2D eigenvalue weighted by atomic mass is 19.1. The summed E-state index contributed by atoms with van der Waals surface area (Å²) < 4.78 is 15.7. The summed E-state index contributed by atoms with van der Waals surface area (Å²) in [6, 6.07) is 3.29. The molecule has 20 heavy (non-hydrogen) atoms. The first-order valence-corrected chi connectivity index (χ1v) is 6.90. The van der Waals surface area contributed by atoms with Gasteiger partial charge in [0.25, 0.3) is 0 Å². The molecule has 3 rings (SSSR count). The molecule has 1 aromatic carbocycles. The smallest absolute Gasteiger partial charge is 0.154 e. The Morgan fingerprint density at radius 3 is 2.65 bits per heavy atom. The number of nitrogens with zero attached hydrogens (tertiary/aromatic N) is 4. The Bertz CT molecular complexity index is 675. The molecule has 1 aliphatic heterocycles. The molecular formula is C15H19FN4. The molecule has 106 valence electrons. The summed E-state index contributed by atoms with van der Waals surface area (Å²) in [4.78, 5) is 6.63. The van der Waals surface area contributed by atoms with Gasteiger partial charge in [-0.2, -0.15) is 5.10 Å². The lowest BCUT2D eigenvalue weighted by molar-refractivity contribution is 0.593. The van der Waals surface area contributed by atoms with E-state index in [4.69, 9.17) is 0 Å². The normalized spacial score (nSPS) is 17.4. The van der Waals surface area contributed by atoms with Gasteiger partial charge in [-0.1, -0.05) is 13.8 Å². The van der Waals surface area contributed by atoms with Crippen molar-refractivity contribution in [3.63, 3.8) is 0 Å². The molecule has 0 saturated carbocycles. The summed E-state index contributed by atoms with van der Waals surface area (Å²) in [7, 11) is 2.03. The minimum Gasteiger partial charge on any atom is -0.363 e. The van der Waals surface area contributed by atoms with Crippen molar-refractivity contribution in [2.45, 2.75) is 39.7 Å². The van der Waals surface area contributed by atoms with E-state index < -0.39 is 0 Å². The average Bonchev–Trinajstić information content (AvgIpc) is 2.77. The zero-order chi connectivity index (χ0) is 14.6. The lowest BCUT2D eigenvalue weighted by atomic mass is 9.97. The molecule has 4 nitrogen and oxygen atoms in total. The predicted octanol–water partition coefficient (Wildman–Crippen LogP) is 3.35. The molecule has 1 atom stereocenters. The molecule has 1 aliphatic rings. The molecule has 1 aromatic heterocycles. The van der Waals surface area contributed by atoms with E-state index in [9.17, 15) is 4.39 Å². The van der Waals surface area contributed by atoms with Crippen LogP contribution in [0.15, 0.2) is 12.1 Å². The number of halogens is 1. The zero-order valence-corrected chi connectivity index (χ0v) is 12.5. The van der Waals surface area contributed by atoms with Crippen LogP contribution in [0.4, 0.5) is 10.1 Å². The molecule has 0 radical (unpaired) electrons. The van der Waals surface area contributed by atoms with Gasteiger partial charge in [-0.15, -0.1) is 0 Å². The molecule has 5 heteroatoms. The van der Waals surface area contributed by atoms with E-state index in [1.807, 2.05) is 14.0 Å². The Morgan fingerprint density at radius 1 is 1.30 bits per heavy atom. The SMILES string of the molecule is Cc1nc2n(n1)-c1cc(F)cc(C(C)C)c1N(C)[C@H]2C. The van der Waals surface area contributed by atoms with Crippen LogP contribution in [0, 0.1) is 12.7 Å². The fourth-order valence-corrected chi connectivity index (χ4v) is 2.84. The third kappa shape index (κ3) is 1.72. The van der Waals surface area contributed by atoms with Crippen LogP contribution in [0.2, 0.25) is 0 Å². The Labute approximate surface area is 118 Å². The van der Waals surface area contributed by atoms with Gasteiger partial charge in [-0.05, 0) is 31.4 Å². The Morgan fingerprint density at radius 2 is 2.00 bits per heavy atom. The predicted molar refractivity (Wildman–Crippen MR) is 77.0 cm³/mol. The fraction of sp³-hybridized carbons (Fsp3) is 0.467. The third-order valence-corrected chi connectivity index (χ3v) is 3.98. The first-order chi connectivity index (χ1) is 9.40. The monoisotopic (exact) mass is 274 g/mol. The molecule has 0 bridgehead atoms. The summed E-state index contributed by atoms with van der Waals surface area (Å²) in [5.41, 5.74) is 2.84. The maximum atomic E-state index is 14.0. The molecule has 0 amide bonds. The van der Waals surface area contributed by atoms with Crippen LogP contribution in [0.25, 0.3) is 5.69 Å². The second kappa shape index (κ2) is 4.30. The Hall–Kier alpha value is -1.91. The van der Waals surface area contributed by atoms with Crippen LogP contribution in [0.1, 0.15) is 49.9 Å². The second-order valence-corrected chi connectivity index (χ2v) is 5.73. The Kier molecular flexibility index (Phi) is 2.81. The minimum absolute atomic E-state index is 0.117. The minimum atomic E-state index is -0.227. The van der Waals surface area contributed by atoms with Gasteiger partial charge in [0.2, 0.25) is 0 Å². The van der Waals surface area contributed by atoms with Crippen molar-refractivity contribution < 1.29 is 4.39 Å². The molecular weight excluding hydrogens is 255 g/mol. The van der Waals surface area contributed by atoms with Crippen LogP contribution in [0.5, 0.6) is 0 Å². The van der Waals surface area contributed by atoms with Crippen LogP contribution >= 0.6 is 0 Å². The van der Waals surface area contributed by atoms with E-state index in [2.05, 4.69) is 35.8 Å². The van der Waals surface area contributed by atoms with Gasteiger partial charge in [-0.3, -0.25) is 0 Å². The highest BCUT2D eigenvalue weighted by molar-refractivity contribution is 5.70. The molecule has 0 N–H and O–H groups in total. The van der Waals surface area contributed by atoms with Crippen molar-refractivity contribution in [2.24, 2.45) is 0 Å². The number of aryl methyl sites for hydroxylation is 1. The van der Waals surface area contributed by atoms with Gasteiger partial charge in [0.05, 0.1) is 17.4 Å². The summed E-state index contributed by atoms with van der Waals surface area (Å²) in [6.07, 6.45) is 0. The fourth-order valence-electron chi connectivity index (χ4n) is 2.84. The second-order valence-electron chi connectivity index (χ2n) is 5.73. The molecule has 2 aromatic rings. The van der Waals surface area contributed by atoms with E-state index in [0.717, 1.165) is 22.8 Å². The quantitative estimate of drug-likeness (QED) is 0.799. The van der Waals surface area contributed by atoms with Crippen molar-refractivity contribution in [2.75, 3.05) is 11.9 Å². The largest absolute Gasteiger partial charge is 0.363 e. The van der Waals surface area contributed by atoms with Crippen molar-refractivity contribution in [3.8, 4) is 5.69 Å². The van der Waals surface area contributed by atoms with Gasteiger partial charge in [-0.25, -0.2) is 14.1 Å². The zero-order valence-electron chi connectivity index (χ0n) is 12.5. The molecule has 2 heterocycles. The highest BCUT2D eigenvalue weighted by Gasteiger charge is 2.31. The van der Waals surface area contributed by atoms with E-state index in [1.165, 1.54) is 0 Å². The van der Waals surface area contributed by atoms with Gasteiger partial charge in [0.1, 0.15) is 11.6 Å². The van der Waals surface area contributed by atoms with Crippen molar-refractivity contribution >= 4 is 5.69 Å². The highest BCUT2D eigenvalue weighted by Crippen LogP contribution is 2.41. The van der Waals surface area contributed by atoms with Crippen LogP contribution < -0.4 is 4.90 Å². The molecule has 0 fully saturated rings. The van der Waals surface area contributed by atoms with E-state index >= 15 is 0 Å². The van der Waals surface area contributed by atoms with E-state index in [1.54, 1.807) is 16.8 Å². The number of benzene rings is 1. The maximum Gasteiger partial charge on any atom is 0.154 e. The Balaban J connectivity index is 2.36. The molecule has 0 unspecified atom stereocenters. The van der Waals surface area contributed by atoms with Crippen LogP contribution in [0.3, 0.4) is 0 Å². The van der Waals surface area contributed by atoms with Crippen molar-refractivity contribution in [3.05, 3.63) is 35.2 Å². The average molecular weight is 274 g/mol. The topological polar surface area (TPSA) is 34.0 Å². The molecule has 0 spiro atoms.